The molecule has 0 unspecified atom stereocenters. The highest BCUT2D eigenvalue weighted by Gasteiger charge is 2.24. The summed E-state index contributed by atoms with van der Waals surface area (Å²) in [5, 5.41) is 15.1. The van der Waals surface area contributed by atoms with Gasteiger partial charge >= 0.3 is 0 Å². The summed E-state index contributed by atoms with van der Waals surface area (Å²) in [4.78, 5) is 23.7. The maximum atomic E-state index is 11.9. The van der Waals surface area contributed by atoms with Crippen molar-refractivity contribution in [1.29, 1.82) is 0 Å². The third-order valence-electron chi connectivity index (χ3n) is 3.59. The Balaban J connectivity index is 1.78. The summed E-state index contributed by atoms with van der Waals surface area (Å²) < 4.78 is 0.892. The minimum Gasteiger partial charge on any atom is -0.391 e. The molecule has 1 aromatic carbocycles. The molecule has 0 saturated heterocycles. The first-order valence-electron chi connectivity index (χ1n) is 7.07. The molecule has 21 heavy (non-hydrogen) atoms. The van der Waals surface area contributed by atoms with E-state index in [1.165, 1.54) is 0 Å². The van der Waals surface area contributed by atoms with E-state index < -0.39 is 6.10 Å². The van der Waals surface area contributed by atoms with Gasteiger partial charge < -0.3 is 15.7 Å². The van der Waals surface area contributed by atoms with Gasteiger partial charge in [-0.25, -0.2) is 0 Å². The van der Waals surface area contributed by atoms with Crippen LogP contribution in [0, 0.1) is 0 Å². The lowest BCUT2D eigenvalue weighted by Crippen LogP contribution is -2.48. The molecule has 1 aliphatic carbocycles. The van der Waals surface area contributed by atoms with Gasteiger partial charge in [0.15, 0.2) is 0 Å². The molecule has 1 aliphatic rings. The lowest BCUT2D eigenvalue weighted by atomic mass is 9.92. The molecule has 3 N–H and O–H groups in total. The summed E-state index contributed by atoms with van der Waals surface area (Å²) in [5.74, 6) is -0.562. The van der Waals surface area contributed by atoms with E-state index in [4.69, 9.17) is 0 Å². The van der Waals surface area contributed by atoms with Crippen LogP contribution in [0.5, 0.6) is 0 Å². The molecule has 0 radical (unpaired) electrons. The highest BCUT2D eigenvalue weighted by atomic mass is 79.9. The minimum absolute atomic E-state index is 0.0852. The van der Waals surface area contributed by atoms with E-state index in [2.05, 4.69) is 26.6 Å². The second kappa shape index (κ2) is 7.56. The molecule has 114 valence electrons. The number of nitrogens with one attached hydrogen (secondary N) is 2. The third-order valence-corrected chi connectivity index (χ3v) is 4.12. The van der Waals surface area contributed by atoms with Crippen molar-refractivity contribution in [3.8, 4) is 0 Å². The van der Waals surface area contributed by atoms with Crippen molar-refractivity contribution in [2.24, 2.45) is 0 Å². The molecule has 2 amide bonds. The number of carbonyl (C=O) groups is 2. The third kappa shape index (κ3) is 4.82. The number of aliphatic hydroxyl groups excluding tert-OH is 1. The second-order valence-corrected chi connectivity index (χ2v) is 6.13. The van der Waals surface area contributed by atoms with Crippen LogP contribution in [0.1, 0.15) is 36.0 Å². The smallest absolute Gasteiger partial charge is 0.251 e. The Kier molecular flexibility index (Phi) is 5.76. The van der Waals surface area contributed by atoms with Crippen molar-refractivity contribution >= 4 is 27.7 Å². The van der Waals surface area contributed by atoms with Gasteiger partial charge in [-0.05, 0) is 37.1 Å². The first kappa shape index (κ1) is 16.0. The fourth-order valence-corrected chi connectivity index (χ4v) is 2.67. The molecular weight excluding hydrogens is 336 g/mol. The Hall–Kier alpha value is -1.40. The Morgan fingerprint density at radius 1 is 1.19 bits per heavy atom. The Bertz CT molecular complexity index is 504. The van der Waals surface area contributed by atoms with Gasteiger partial charge in [-0.1, -0.05) is 28.8 Å². The Morgan fingerprint density at radius 3 is 2.52 bits per heavy atom. The van der Waals surface area contributed by atoms with Crippen LogP contribution in [-0.4, -0.2) is 35.6 Å². The predicted molar refractivity (Wildman–Crippen MR) is 82.9 cm³/mol. The van der Waals surface area contributed by atoms with Crippen LogP contribution >= 0.6 is 15.9 Å². The minimum atomic E-state index is -0.482. The van der Waals surface area contributed by atoms with E-state index in [0.29, 0.717) is 5.56 Å². The summed E-state index contributed by atoms with van der Waals surface area (Å²) in [6.07, 6.45) is 3.02. The number of hydrogen-bond acceptors (Lipinski definition) is 3. The maximum Gasteiger partial charge on any atom is 0.251 e. The summed E-state index contributed by atoms with van der Waals surface area (Å²) in [7, 11) is 0. The van der Waals surface area contributed by atoms with Crippen molar-refractivity contribution in [2.75, 3.05) is 6.54 Å². The van der Waals surface area contributed by atoms with E-state index in [1.54, 1.807) is 24.3 Å². The summed E-state index contributed by atoms with van der Waals surface area (Å²) >= 11 is 3.30. The first-order valence-corrected chi connectivity index (χ1v) is 7.87. The summed E-state index contributed by atoms with van der Waals surface area (Å²) in [6, 6.07) is 6.71. The highest BCUT2D eigenvalue weighted by Crippen LogP contribution is 2.18. The van der Waals surface area contributed by atoms with Gasteiger partial charge in [-0.3, -0.25) is 9.59 Å². The highest BCUT2D eigenvalue weighted by molar-refractivity contribution is 9.10. The van der Waals surface area contributed by atoms with Crippen LogP contribution in [0.3, 0.4) is 0 Å². The molecule has 0 aliphatic heterocycles. The zero-order chi connectivity index (χ0) is 15.2. The maximum absolute atomic E-state index is 11.9. The number of rotatable bonds is 4. The predicted octanol–water partition coefficient (Wildman–Crippen LogP) is 1.60. The number of benzene rings is 1. The van der Waals surface area contributed by atoms with Gasteiger partial charge in [-0.15, -0.1) is 0 Å². The van der Waals surface area contributed by atoms with Gasteiger partial charge in [0.05, 0.1) is 18.7 Å². The average Bonchev–Trinajstić information content (AvgIpc) is 2.48. The zero-order valence-corrected chi connectivity index (χ0v) is 13.2. The lowest BCUT2D eigenvalue weighted by molar-refractivity contribution is -0.122. The number of aliphatic hydroxyl groups is 1. The molecule has 5 nitrogen and oxygen atoms in total. The molecule has 2 rings (SSSR count). The molecule has 0 spiro atoms. The van der Waals surface area contributed by atoms with Crippen molar-refractivity contribution in [3.05, 3.63) is 34.3 Å². The second-order valence-electron chi connectivity index (χ2n) is 5.22. The quantitative estimate of drug-likeness (QED) is 0.768. The van der Waals surface area contributed by atoms with Crippen LogP contribution in [-0.2, 0) is 4.79 Å². The summed E-state index contributed by atoms with van der Waals surface area (Å²) in [5.41, 5.74) is 0.503. The Morgan fingerprint density at radius 2 is 1.86 bits per heavy atom. The number of carbonyl (C=O) groups excluding carboxylic acids is 2. The summed E-state index contributed by atoms with van der Waals surface area (Å²) in [6.45, 7) is -0.0852. The molecule has 6 heteroatoms. The van der Waals surface area contributed by atoms with Gasteiger partial charge in [0.1, 0.15) is 0 Å². The van der Waals surface area contributed by atoms with Crippen LogP contribution in [0.2, 0.25) is 0 Å². The fraction of sp³-hybridized carbons (Fsp3) is 0.467. The van der Waals surface area contributed by atoms with Gasteiger partial charge in [0.2, 0.25) is 5.91 Å². The first-order chi connectivity index (χ1) is 10.1. The van der Waals surface area contributed by atoms with Crippen molar-refractivity contribution in [3.63, 3.8) is 0 Å². The number of halogens is 1. The standard InChI is InChI=1S/C15H19BrN2O3/c16-11-7-5-10(6-8-11)15(21)17-9-14(20)18-12-3-1-2-4-13(12)19/h5-8,12-13,19H,1-4,9H2,(H,17,21)(H,18,20)/t12-,13-/m0/s1. The zero-order valence-electron chi connectivity index (χ0n) is 11.6. The normalized spacial score (nSPS) is 21.6. The molecule has 1 aromatic rings. The van der Waals surface area contributed by atoms with Gasteiger partial charge in [0, 0.05) is 10.0 Å². The lowest BCUT2D eigenvalue weighted by Gasteiger charge is -2.28. The van der Waals surface area contributed by atoms with E-state index >= 15 is 0 Å². The molecule has 0 bridgehead atoms. The van der Waals surface area contributed by atoms with E-state index in [-0.39, 0.29) is 24.4 Å². The van der Waals surface area contributed by atoms with Crippen LogP contribution in [0.25, 0.3) is 0 Å². The van der Waals surface area contributed by atoms with Crippen LogP contribution < -0.4 is 10.6 Å². The fourth-order valence-electron chi connectivity index (χ4n) is 2.40. The van der Waals surface area contributed by atoms with Gasteiger partial charge in [-0.2, -0.15) is 0 Å². The topological polar surface area (TPSA) is 78.4 Å². The average molecular weight is 355 g/mol. The number of hydrogen-bond donors (Lipinski definition) is 3. The van der Waals surface area contributed by atoms with E-state index in [1.807, 2.05) is 0 Å². The van der Waals surface area contributed by atoms with Crippen LogP contribution in [0.4, 0.5) is 0 Å². The van der Waals surface area contributed by atoms with Crippen LogP contribution in [0.15, 0.2) is 28.7 Å². The molecule has 2 atom stereocenters. The molecule has 0 aromatic heterocycles. The van der Waals surface area contributed by atoms with E-state index in [9.17, 15) is 14.7 Å². The molecule has 1 saturated carbocycles. The monoisotopic (exact) mass is 354 g/mol. The van der Waals surface area contributed by atoms with Crippen molar-refractivity contribution < 1.29 is 14.7 Å². The Labute approximate surface area is 132 Å². The van der Waals surface area contributed by atoms with Crippen molar-refractivity contribution in [2.45, 2.75) is 37.8 Å². The molecule has 0 heterocycles. The molecule has 1 fully saturated rings. The van der Waals surface area contributed by atoms with E-state index in [0.717, 1.165) is 30.2 Å². The number of amides is 2. The largest absolute Gasteiger partial charge is 0.391 e. The molecular formula is C15H19BrN2O3. The van der Waals surface area contributed by atoms with Crippen molar-refractivity contribution in [1.82, 2.24) is 10.6 Å². The SMILES string of the molecule is O=C(CNC(=O)c1ccc(Br)cc1)N[C@H]1CCCC[C@@H]1O. The van der Waals surface area contributed by atoms with Gasteiger partial charge in [0.25, 0.3) is 5.91 Å².